The first-order valence-electron chi connectivity index (χ1n) is 7.61. The van der Waals surface area contributed by atoms with Crippen LogP contribution in [0.5, 0.6) is 0 Å². The highest BCUT2D eigenvalue weighted by Crippen LogP contribution is 2.23. The summed E-state index contributed by atoms with van der Waals surface area (Å²) < 4.78 is 0.707. The van der Waals surface area contributed by atoms with Crippen LogP contribution in [0.3, 0.4) is 0 Å². The molecule has 23 heavy (non-hydrogen) atoms. The van der Waals surface area contributed by atoms with Crippen molar-refractivity contribution in [3.8, 4) is 11.4 Å². The van der Waals surface area contributed by atoms with Crippen molar-refractivity contribution >= 4 is 39.4 Å². The van der Waals surface area contributed by atoms with Crippen LogP contribution in [0, 0.1) is 3.83 Å². The zero-order valence-electron chi connectivity index (χ0n) is 12.8. The number of imidazole rings is 1. The maximum Gasteiger partial charge on any atom is 0.192 e. The first-order valence-corrected chi connectivity index (χ1v) is 8.69. The van der Waals surface area contributed by atoms with Crippen LogP contribution in [-0.4, -0.2) is 58.1 Å². The number of H-pyrrole nitrogens is 1. The van der Waals surface area contributed by atoms with E-state index in [4.69, 9.17) is 0 Å². The van der Waals surface area contributed by atoms with E-state index in [9.17, 15) is 0 Å². The summed E-state index contributed by atoms with van der Waals surface area (Å²) in [6, 6.07) is 8.57. The van der Waals surface area contributed by atoms with Gasteiger partial charge in [-0.15, -0.1) is 0 Å². The van der Waals surface area contributed by atoms with Gasteiger partial charge in [0.05, 0.1) is 6.20 Å². The Hall–Kier alpha value is -1.74. The molecule has 0 saturated carbocycles. The molecule has 6 nitrogen and oxygen atoms in total. The maximum absolute atomic E-state index is 4.56. The third-order valence-electron chi connectivity index (χ3n) is 4.22. The van der Waals surface area contributed by atoms with E-state index in [1.807, 2.05) is 0 Å². The van der Waals surface area contributed by atoms with Gasteiger partial charge in [-0.2, -0.15) is 0 Å². The normalized spacial score (nSPS) is 16.2. The van der Waals surface area contributed by atoms with E-state index < -0.39 is 0 Å². The highest BCUT2D eigenvalue weighted by molar-refractivity contribution is 14.1. The fourth-order valence-corrected chi connectivity index (χ4v) is 3.19. The van der Waals surface area contributed by atoms with Crippen LogP contribution in [0.2, 0.25) is 0 Å². The molecule has 1 N–H and O–H groups in total. The van der Waals surface area contributed by atoms with Gasteiger partial charge in [0.15, 0.2) is 9.48 Å². The molecule has 0 unspecified atom stereocenters. The largest absolute Gasteiger partial charge is 0.369 e. The van der Waals surface area contributed by atoms with Crippen LogP contribution in [0.25, 0.3) is 22.6 Å². The Morgan fingerprint density at radius 2 is 1.78 bits per heavy atom. The van der Waals surface area contributed by atoms with Crippen molar-refractivity contribution in [1.29, 1.82) is 0 Å². The van der Waals surface area contributed by atoms with Gasteiger partial charge < -0.3 is 14.8 Å². The lowest BCUT2D eigenvalue weighted by atomic mass is 10.1. The molecule has 0 aliphatic carbocycles. The summed E-state index contributed by atoms with van der Waals surface area (Å²) in [4.78, 5) is 21.2. The number of benzene rings is 1. The van der Waals surface area contributed by atoms with Gasteiger partial charge in [-0.05, 0) is 31.3 Å². The van der Waals surface area contributed by atoms with Crippen molar-refractivity contribution in [2.45, 2.75) is 0 Å². The average molecular weight is 420 g/mol. The Kier molecular flexibility index (Phi) is 3.90. The summed E-state index contributed by atoms with van der Waals surface area (Å²) in [6.07, 6.45) is 1.78. The fraction of sp³-hybridized carbons (Fsp3) is 0.312. The molecule has 7 heteroatoms. The number of aromatic amines is 1. The molecule has 1 aromatic carbocycles. The molecule has 2 aromatic heterocycles. The molecule has 0 atom stereocenters. The molecule has 4 rings (SSSR count). The van der Waals surface area contributed by atoms with Crippen LogP contribution in [0.15, 0.2) is 30.5 Å². The van der Waals surface area contributed by atoms with Gasteiger partial charge in [0.2, 0.25) is 0 Å². The maximum atomic E-state index is 4.56. The summed E-state index contributed by atoms with van der Waals surface area (Å²) in [5.74, 6) is 0.834. The van der Waals surface area contributed by atoms with Crippen molar-refractivity contribution in [1.82, 2.24) is 24.8 Å². The first-order chi connectivity index (χ1) is 11.2. The lowest BCUT2D eigenvalue weighted by Crippen LogP contribution is -2.44. The van der Waals surface area contributed by atoms with Crippen LogP contribution >= 0.6 is 22.6 Å². The number of anilines is 1. The van der Waals surface area contributed by atoms with Gasteiger partial charge in [0.25, 0.3) is 0 Å². The number of aromatic nitrogens is 4. The van der Waals surface area contributed by atoms with Crippen molar-refractivity contribution in [3.63, 3.8) is 0 Å². The molecule has 3 aromatic rings. The number of halogens is 1. The minimum atomic E-state index is 0.707. The second kappa shape index (κ2) is 6.04. The number of likely N-dealkylation sites (N-methyl/N-ethyl adjacent to an activating group) is 1. The first kappa shape index (κ1) is 14.8. The molecule has 0 spiro atoms. The summed E-state index contributed by atoms with van der Waals surface area (Å²) in [5.41, 5.74) is 3.91. The molecule has 3 heterocycles. The van der Waals surface area contributed by atoms with Crippen LogP contribution < -0.4 is 4.90 Å². The van der Waals surface area contributed by atoms with Crippen molar-refractivity contribution in [2.24, 2.45) is 0 Å². The van der Waals surface area contributed by atoms with Gasteiger partial charge in [0, 0.05) is 60.0 Å². The van der Waals surface area contributed by atoms with Crippen molar-refractivity contribution < 1.29 is 0 Å². The molecular weight excluding hydrogens is 403 g/mol. The Morgan fingerprint density at radius 1 is 1.04 bits per heavy atom. The molecular formula is C16H17IN6. The Labute approximate surface area is 148 Å². The quantitative estimate of drug-likeness (QED) is 0.510. The second-order valence-corrected chi connectivity index (χ2v) is 6.76. The lowest BCUT2D eigenvalue weighted by Gasteiger charge is -2.34. The Balaban J connectivity index is 1.59. The van der Waals surface area contributed by atoms with Gasteiger partial charge in [-0.25, -0.2) is 15.0 Å². The fourth-order valence-electron chi connectivity index (χ4n) is 2.82. The second-order valence-electron chi connectivity index (χ2n) is 5.80. The van der Waals surface area contributed by atoms with E-state index >= 15 is 0 Å². The van der Waals surface area contributed by atoms with Gasteiger partial charge in [-0.1, -0.05) is 0 Å². The van der Waals surface area contributed by atoms with E-state index in [1.54, 1.807) is 6.20 Å². The predicted molar refractivity (Wildman–Crippen MR) is 99.5 cm³/mol. The highest BCUT2D eigenvalue weighted by atomic mass is 127. The van der Waals surface area contributed by atoms with Crippen LogP contribution in [0.4, 0.5) is 5.69 Å². The molecule has 1 aliphatic heterocycles. The smallest absolute Gasteiger partial charge is 0.192 e. The minimum absolute atomic E-state index is 0.707. The number of fused-ring (bicyclic) bond motifs is 1. The van der Waals surface area contributed by atoms with Gasteiger partial charge >= 0.3 is 0 Å². The number of piperazine rings is 1. The average Bonchev–Trinajstić information content (AvgIpc) is 2.99. The van der Waals surface area contributed by atoms with Crippen LogP contribution in [0.1, 0.15) is 0 Å². The Bertz CT molecular complexity index is 820. The summed E-state index contributed by atoms with van der Waals surface area (Å²) >= 11 is 2.10. The zero-order chi connectivity index (χ0) is 15.8. The summed E-state index contributed by atoms with van der Waals surface area (Å²) in [6.45, 7) is 4.38. The molecule has 0 bridgehead atoms. The van der Waals surface area contributed by atoms with Crippen LogP contribution in [-0.2, 0) is 0 Å². The topological polar surface area (TPSA) is 60.9 Å². The van der Waals surface area contributed by atoms with E-state index in [1.165, 1.54) is 5.69 Å². The lowest BCUT2D eigenvalue weighted by molar-refractivity contribution is 0.313. The number of rotatable bonds is 2. The van der Waals surface area contributed by atoms with Gasteiger partial charge in [-0.3, -0.25) is 0 Å². The van der Waals surface area contributed by atoms with E-state index in [0.717, 1.165) is 43.1 Å². The monoisotopic (exact) mass is 420 g/mol. The predicted octanol–water partition coefficient (Wildman–Crippen LogP) is 2.38. The van der Waals surface area contributed by atoms with Gasteiger partial charge in [0.1, 0.15) is 11.3 Å². The van der Waals surface area contributed by atoms with E-state index in [0.29, 0.717) is 9.48 Å². The molecule has 1 saturated heterocycles. The Morgan fingerprint density at radius 3 is 2.52 bits per heavy atom. The minimum Gasteiger partial charge on any atom is -0.369 e. The highest BCUT2D eigenvalue weighted by Gasteiger charge is 2.14. The standard InChI is InChI=1S/C16H17IN6/c1-22-6-8-23(9-7-22)12-4-2-11(3-5-12)14-19-13-10-18-16(17)21-15(13)20-14/h2-5,10H,6-9H2,1H3,(H,18,19,20,21). The molecule has 0 amide bonds. The number of nitrogens with one attached hydrogen (secondary N) is 1. The third-order valence-corrected chi connectivity index (χ3v) is 4.74. The SMILES string of the molecule is CN1CCN(c2ccc(-c3nc4nc(I)ncc4[nH]3)cc2)CC1. The summed E-state index contributed by atoms with van der Waals surface area (Å²) in [7, 11) is 2.17. The van der Waals surface area contributed by atoms with Crippen molar-refractivity contribution in [2.75, 3.05) is 38.1 Å². The zero-order valence-corrected chi connectivity index (χ0v) is 15.0. The number of nitrogens with zero attached hydrogens (tertiary/aromatic N) is 5. The third kappa shape index (κ3) is 3.02. The van der Waals surface area contributed by atoms with Crippen molar-refractivity contribution in [3.05, 3.63) is 34.3 Å². The number of hydrogen-bond donors (Lipinski definition) is 1. The molecule has 0 radical (unpaired) electrons. The molecule has 118 valence electrons. The van der Waals surface area contributed by atoms with E-state index in [-0.39, 0.29) is 0 Å². The number of hydrogen-bond acceptors (Lipinski definition) is 5. The van der Waals surface area contributed by atoms with E-state index in [2.05, 4.69) is 83.6 Å². The molecule has 1 fully saturated rings. The summed E-state index contributed by atoms with van der Waals surface area (Å²) in [5, 5.41) is 0. The molecule has 1 aliphatic rings.